The van der Waals surface area contributed by atoms with Crippen molar-refractivity contribution in [2.45, 2.75) is 13.3 Å². The summed E-state index contributed by atoms with van der Waals surface area (Å²) in [7, 11) is 0. The molecular weight excluding hydrogens is 246 g/mol. The Morgan fingerprint density at radius 3 is 3.07 bits per heavy atom. The zero-order valence-corrected chi connectivity index (χ0v) is 9.49. The van der Waals surface area contributed by atoms with Crippen LogP contribution < -0.4 is 5.73 Å². The summed E-state index contributed by atoms with van der Waals surface area (Å²) in [5.41, 5.74) is 6.36. The summed E-state index contributed by atoms with van der Waals surface area (Å²) < 4.78 is 5.87. The topological polar surface area (TPSA) is 64.4 Å². The van der Waals surface area contributed by atoms with Gasteiger partial charge in [-0.3, -0.25) is 4.99 Å². The Bertz CT molecular complexity index is 344. The fourth-order valence-corrected chi connectivity index (χ4v) is 1.23. The number of allylic oxidation sites excluding steroid dienone is 1. The van der Waals surface area contributed by atoms with Gasteiger partial charge in [0.2, 0.25) is 0 Å². The summed E-state index contributed by atoms with van der Waals surface area (Å²) >= 11 is 3.27. The van der Waals surface area contributed by atoms with E-state index in [9.17, 15) is 0 Å². The van der Waals surface area contributed by atoms with Gasteiger partial charge in [-0.25, -0.2) is 4.98 Å². The summed E-state index contributed by atoms with van der Waals surface area (Å²) in [6.45, 7) is 2.71. The molecule has 0 aliphatic rings. The summed E-state index contributed by atoms with van der Waals surface area (Å²) in [5.74, 6) is 0.754. The fraction of sp³-hybridized carbons (Fsp3) is 0.333. The van der Waals surface area contributed by atoms with Gasteiger partial charge in [0.25, 0.3) is 0 Å². The van der Waals surface area contributed by atoms with Crippen LogP contribution in [-0.2, 0) is 6.42 Å². The van der Waals surface area contributed by atoms with E-state index in [1.165, 1.54) is 12.6 Å². The molecule has 14 heavy (non-hydrogen) atoms. The molecule has 0 spiro atoms. The summed E-state index contributed by atoms with van der Waals surface area (Å²) in [6, 6.07) is 0. The molecule has 0 saturated carbocycles. The van der Waals surface area contributed by atoms with Gasteiger partial charge in [0, 0.05) is 19.2 Å². The minimum atomic E-state index is 0.598. The van der Waals surface area contributed by atoms with Crippen molar-refractivity contribution < 1.29 is 4.42 Å². The second-order valence-electron chi connectivity index (χ2n) is 2.61. The molecule has 0 saturated heterocycles. The Hall–Kier alpha value is -1.10. The quantitative estimate of drug-likeness (QED) is 0.839. The molecule has 0 atom stereocenters. The number of hydrogen-bond donors (Lipinski definition) is 1. The van der Waals surface area contributed by atoms with Gasteiger partial charge in [-0.05, 0) is 34.6 Å². The minimum absolute atomic E-state index is 0.598. The Morgan fingerprint density at radius 1 is 1.79 bits per heavy atom. The molecule has 0 fully saturated rings. The minimum Gasteiger partial charge on any atom is -0.447 e. The Morgan fingerprint density at radius 2 is 2.57 bits per heavy atom. The molecule has 1 aromatic heterocycles. The van der Waals surface area contributed by atoms with Crippen molar-refractivity contribution in [1.29, 1.82) is 0 Å². The molecule has 0 bridgehead atoms. The number of nitrogens with two attached hydrogens (primary N) is 1. The van der Waals surface area contributed by atoms with Gasteiger partial charge in [0.15, 0.2) is 6.39 Å². The average Bonchev–Trinajstić information content (AvgIpc) is 2.59. The van der Waals surface area contributed by atoms with Crippen LogP contribution in [0.25, 0.3) is 0 Å². The third-order valence-corrected chi connectivity index (χ3v) is 2.26. The monoisotopic (exact) mass is 257 g/mol. The third-order valence-electron chi connectivity index (χ3n) is 1.61. The van der Waals surface area contributed by atoms with Crippen LogP contribution in [0.15, 0.2) is 32.2 Å². The molecule has 1 rings (SSSR count). The predicted octanol–water partition coefficient (Wildman–Crippen LogP) is 1.91. The summed E-state index contributed by atoms with van der Waals surface area (Å²) in [6.07, 6.45) is 5.26. The van der Waals surface area contributed by atoms with Crippen molar-refractivity contribution in [3.63, 3.8) is 0 Å². The first-order chi connectivity index (χ1) is 6.77. The number of hydrogen-bond acceptors (Lipinski definition) is 4. The lowest BCUT2D eigenvalue weighted by molar-refractivity contribution is 0.513. The lowest BCUT2D eigenvalue weighted by Crippen LogP contribution is -1.96. The number of nitrogens with zero attached hydrogens (tertiary/aromatic N) is 2. The second kappa shape index (κ2) is 5.59. The van der Waals surface area contributed by atoms with Crippen molar-refractivity contribution in [3.05, 3.63) is 28.5 Å². The molecule has 0 aromatic carbocycles. The van der Waals surface area contributed by atoms with E-state index in [-0.39, 0.29) is 0 Å². The molecule has 0 amide bonds. The van der Waals surface area contributed by atoms with Gasteiger partial charge >= 0.3 is 0 Å². The van der Waals surface area contributed by atoms with E-state index in [0.29, 0.717) is 11.0 Å². The standard InChI is InChI=1S/C9H12BrN3O/c1-2-12-5-7(4-11)3-8-9(10)13-6-14-8/h4-6H,2-3,11H2,1H3. The largest absolute Gasteiger partial charge is 0.447 e. The molecule has 0 unspecified atom stereocenters. The van der Waals surface area contributed by atoms with Crippen molar-refractivity contribution in [3.8, 4) is 0 Å². The molecule has 1 heterocycles. The Kier molecular flexibility index (Phi) is 4.39. The van der Waals surface area contributed by atoms with Crippen LogP contribution in [-0.4, -0.2) is 17.7 Å². The molecule has 4 nitrogen and oxygen atoms in total. The van der Waals surface area contributed by atoms with Crippen molar-refractivity contribution in [2.24, 2.45) is 10.7 Å². The SMILES string of the molecule is CCN=CC(=CN)Cc1ocnc1Br. The lowest BCUT2D eigenvalue weighted by atomic mass is 10.2. The first-order valence-corrected chi connectivity index (χ1v) is 5.05. The van der Waals surface area contributed by atoms with Gasteiger partial charge < -0.3 is 10.2 Å². The number of oxazole rings is 1. The van der Waals surface area contributed by atoms with E-state index in [0.717, 1.165) is 17.9 Å². The summed E-state index contributed by atoms with van der Waals surface area (Å²) in [5, 5.41) is 0. The van der Waals surface area contributed by atoms with Crippen LogP contribution in [0.4, 0.5) is 0 Å². The van der Waals surface area contributed by atoms with Gasteiger partial charge in [-0.2, -0.15) is 0 Å². The van der Waals surface area contributed by atoms with Crippen molar-refractivity contribution in [2.75, 3.05) is 6.54 Å². The van der Waals surface area contributed by atoms with Crippen LogP contribution in [0.3, 0.4) is 0 Å². The van der Waals surface area contributed by atoms with Gasteiger partial charge in [0.1, 0.15) is 10.4 Å². The molecule has 0 aliphatic carbocycles. The molecular formula is C9H12BrN3O. The first kappa shape index (κ1) is 11.0. The van der Waals surface area contributed by atoms with E-state index in [2.05, 4.69) is 25.9 Å². The molecule has 1 aromatic rings. The molecule has 2 N–H and O–H groups in total. The first-order valence-electron chi connectivity index (χ1n) is 4.26. The van der Waals surface area contributed by atoms with Crippen LogP contribution in [0.5, 0.6) is 0 Å². The van der Waals surface area contributed by atoms with E-state index in [1.807, 2.05) is 6.92 Å². The highest BCUT2D eigenvalue weighted by molar-refractivity contribution is 9.10. The smallest absolute Gasteiger partial charge is 0.182 e. The zero-order chi connectivity index (χ0) is 10.4. The zero-order valence-electron chi connectivity index (χ0n) is 7.90. The van der Waals surface area contributed by atoms with E-state index in [4.69, 9.17) is 10.2 Å². The van der Waals surface area contributed by atoms with Crippen molar-refractivity contribution >= 4 is 22.1 Å². The highest BCUT2D eigenvalue weighted by Crippen LogP contribution is 2.16. The van der Waals surface area contributed by atoms with Crippen molar-refractivity contribution in [1.82, 2.24) is 4.98 Å². The van der Waals surface area contributed by atoms with Gasteiger partial charge in [-0.1, -0.05) is 0 Å². The summed E-state index contributed by atoms with van der Waals surface area (Å²) in [4.78, 5) is 8.02. The molecule has 5 heteroatoms. The maximum Gasteiger partial charge on any atom is 0.182 e. The Labute approximate surface area is 91.0 Å². The van der Waals surface area contributed by atoms with E-state index < -0.39 is 0 Å². The number of aromatic nitrogens is 1. The molecule has 76 valence electrons. The predicted molar refractivity (Wildman–Crippen MR) is 59.2 cm³/mol. The van der Waals surface area contributed by atoms with Crippen LogP contribution in [0, 0.1) is 0 Å². The Balaban J connectivity index is 2.67. The van der Waals surface area contributed by atoms with Crippen LogP contribution >= 0.6 is 15.9 Å². The third kappa shape index (κ3) is 2.99. The van der Waals surface area contributed by atoms with Gasteiger partial charge in [0.05, 0.1) is 0 Å². The molecule has 0 aliphatic heterocycles. The average molecular weight is 258 g/mol. The van der Waals surface area contributed by atoms with Crippen LogP contribution in [0.1, 0.15) is 12.7 Å². The highest BCUT2D eigenvalue weighted by atomic mass is 79.9. The molecule has 0 radical (unpaired) electrons. The number of aliphatic imine (C=N–C) groups is 1. The maximum atomic E-state index is 5.45. The van der Waals surface area contributed by atoms with E-state index >= 15 is 0 Å². The normalized spacial score (nSPS) is 12.6. The maximum absolute atomic E-state index is 5.45. The van der Waals surface area contributed by atoms with E-state index in [1.54, 1.807) is 6.21 Å². The fourth-order valence-electron chi connectivity index (χ4n) is 0.913. The number of rotatable bonds is 4. The van der Waals surface area contributed by atoms with Gasteiger partial charge in [-0.15, -0.1) is 0 Å². The lowest BCUT2D eigenvalue weighted by Gasteiger charge is -1.97. The van der Waals surface area contributed by atoms with Crippen LogP contribution in [0.2, 0.25) is 0 Å². The highest BCUT2D eigenvalue weighted by Gasteiger charge is 2.06. The second-order valence-corrected chi connectivity index (χ2v) is 3.36. The number of halogens is 1.